The molecule has 1 atom stereocenters. The van der Waals surface area contributed by atoms with Crippen LogP contribution in [0.25, 0.3) is 0 Å². The van der Waals surface area contributed by atoms with Crippen molar-refractivity contribution in [1.82, 2.24) is 19.3 Å². The molecule has 18 heavy (non-hydrogen) atoms. The van der Waals surface area contributed by atoms with Crippen molar-refractivity contribution < 1.29 is 8.42 Å². The van der Waals surface area contributed by atoms with E-state index in [1.54, 1.807) is 25.9 Å². The van der Waals surface area contributed by atoms with Crippen LogP contribution in [0.3, 0.4) is 0 Å². The molecule has 1 unspecified atom stereocenters. The zero-order valence-electron chi connectivity index (χ0n) is 10.8. The molecule has 0 amide bonds. The van der Waals surface area contributed by atoms with E-state index in [2.05, 4.69) is 26.2 Å². The first kappa shape index (κ1) is 15.9. The van der Waals surface area contributed by atoms with E-state index in [9.17, 15) is 8.42 Å². The number of aromatic nitrogens is 3. The Kier molecular flexibility index (Phi) is 5.63. The third kappa shape index (κ3) is 3.25. The lowest BCUT2D eigenvalue weighted by Gasteiger charge is -2.23. The Labute approximate surface area is 120 Å². The van der Waals surface area contributed by atoms with E-state index in [4.69, 9.17) is 0 Å². The number of sulfonamides is 1. The van der Waals surface area contributed by atoms with Gasteiger partial charge in [-0.05, 0) is 41.3 Å². The molecular formula is C9H17BrN4O2S2. The Morgan fingerprint density at radius 1 is 1.56 bits per heavy atom. The van der Waals surface area contributed by atoms with Crippen LogP contribution in [0.15, 0.2) is 9.63 Å². The summed E-state index contributed by atoms with van der Waals surface area (Å²) < 4.78 is 27.7. The van der Waals surface area contributed by atoms with Gasteiger partial charge in [-0.1, -0.05) is 5.21 Å². The number of aryl methyl sites for hydroxylation is 1. The predicted octanol–water partition coefficient (Wildman–Crippen LogP) is 1.34. The van der Waals surface area contributed by atoms with Crippen molar-refractivity contribution in [2.45, 2.75) is 24.4 Å². The maximum Gasteiger partial charge on any atom is 0.263 e. The predicted molar refractivity (Wildman–Crippen MR) is 76.1 cm³/mol. The highest BCUT2D eigenvalue weighted by Crippen LogP contribution is 2.23. The van der Waals surface area contributed by atoms with E-state index in [0.717, 1.165) is 12.2 Å². The maximum absolute atomic E-state index is 12.4. The lowest BCUT2D eigenvalue weighted by Crippen LogP contribution is -2.36. The molecule has 0 saturated carbocycles. The van der Waals surface area contributed by atoms with Crippen LogP contribution in [-0.4, -0.2) is 52.8 Å². The van der Waals surface area contributed by atoms with Gasteiger partial charge in [-0.25, -0.2) is 13.1 Å². The van der Waals surface area contributed by atoms with Gasteiger partial charge in [0.15, 0.2) is 4.60 Å². The van der Waals surface area contributed by atoms with Gasteiger partial charge >= 0.3 is 0 Å². The summed E-state index contributed by atoms with van der Waals surface area (Å²) in [5.74, 6) is 0.922. The van der Waals surface area contributed by atoms with Crippen LogP contribution in [0.4, 0.5) is 0 Å². The molecular weight excluding hydrogens is 340 g/mol. The molecule has 0 aromatic carbocycles. The third-order valence-corrected chi connectivity index (χ3v) is 6.23. The quantitative estimate of drug-likeness (QED) is 0.769. The molecule has 0 fully saturated rings. The summed E-state index contributed by atoms with van der Waals surface area (Å²) in [7, 11) is -0.428. The first-order chi connectivity index (χ1) is 8.32. The molecule has 6 nitrogen and oxygen atoms in total. The fraction of sp³-hybridized carbons (Fsp3) is 0.778. The molecule has 0 radical (unpaired) electrons. The average Bonchev–Trinajstić information content (AvgIpc) is 2.65. The second-order valence-electron chi connectivity index (χ2n) is 3.96. The minimum absolute atomic E-state index is 0.0655. The molecule has 0 N–H and O–H groups in total. The fourth-order valence-electron chi connectivity index (χ4n) is 1.44. The van der Waals surface area contributed by atoms with Crippen LogP contribution in [0, 0.1) is 0 Å². The van der Waals surface area contributed by atoms with Crippen LogP contribution in [-0.2, 0) is 17.1 Å². The molecule has 1 heterocycles. The van der Waals surface area contributed by atoms with Gasteiger partial charge in [0, 0.05) is 20.1 Å². The Balaban J connectivity index is 3.00. The Hall–Kier alpha value is -0.120. The Morgan fingerprint density at radius 2 is 2.17 bits per heavy atom. The summed E-state index contributed by atoms with van der Waals surface area (Å²) in [6.45, 7) is 1.89. The first-order valence-electron chi connectivity index (χ1n) is 5.34. The van der Waals surface area contributed by atoms with Crippen LogP contribution >= 0.6 is 27.7 Å². The highest BCUT2D eigenvalue weighted by Gasteiger charge is 2.31. The van der Waals surface area contributed by atoms with Gasteiger partial charge in [-0.15, -0.1) is 5.10 Å². The first-order valence-corrected chi connectivity index (χ1v) is 8.97. The minimum Gasteiger partial charge on any atom is -0.235 e. The normalized spacial score (nSPS) is 14.1. The van der Waals surface area contributed by atoms with Gasteiger partial charge in [-0.2, -0.15) is 16.1 Å². The fourth-order valence-corrected chi connectivity index (χ4v) is 4.43. The summed E-state index contributed by atoms with van der Waals surface area (Å²) >= 11 is 4.82. The van der Waals surface area contributed by atoms with E-state index in [1.165, 1.54) is 8.99 Å². The van der Waals surface area contributed by atoms with Crippen LogP contribution in [0.5, 0.6) is 0 Å². The summed E-state index contributed by atoms with van der Waals surface area (Å²) in [6, 6.07) is -0.0655. The molecule has 104 valence electrons. The number of hydrogen-bond acceptors (Lipinski definition) is 5. The summed E-state index contributed by atoms with van der Waals surface area (Å²) in [5, 5.41) is 7.49. The van der Waals surface area contributed by atoms with Crippen molar-refractivity contribution in [3.8, 4) is 0 Å². The van der Waals surface area contributed by atoms with Crippen molar-refractivity contribution in [2.75, 3.05) is 19.1 Å². The van der Waals surface area contributed by atoms with Crippen molar-refractivity contribution >= 4 is 37.7 Å². The largest absolute Gasteiger partial charge is 0.263 e. The van der Waals surface area contributed by atoms with Crippen molar-refractivity contribution in [2.24, 2.45) is 7.05 Å². The zero-order chi connectivity index (χ0) is 13.9. The minimum atomic E-state index is -3.57. The van der Waals surface area contributed by atoms with Crippen LogP contribution < -0.4 is 0 Å². The molecule has 0 saturated heterocycles. The van der Waals surface area contributed by atoms with Crippen LogP contribution in [0.1, 0.15) is 13.3 Å². The lowest BCUT2D eigenvalue weighted by atomic mass is 10.3. The number of thioether (sulfide) groups is 1. The van der Waals surface area contributed by atoms with Crippen molar-refractivity contribution in [3.63, 3.8) is 0 Å². The van der Waals surface area contributed by atoms with E-state index >= 15 is 0 Å². The number of halogens is 1. The van der Waals surface area contributed by atoms with E-state index in [0.29, 0.717) is 0 Å². The molecule has 9 heteroatoms. The molecule has 1 aromatic heterocycles. The average molecular weight is 357 g/mol. The maximum atomic E-state index is 12.4. The molecule has 0 spiro atoms. The molecule has 0 aliphatic rings. The summed E-state index contributed by atoms with van der Waals surface area (Å²) in [4.78, 5) is 0. The van der Waals surface area contributed by atoms with Gasteiger partial charge in [0.1, 0.15) is 0 Å². The van der Waals surface area contributed by atoms with Gasteiger partial charge < -0.3 is 0 Å². The second-order valence-corrected chi connectivity index (χ2v) is 7.61. The summed E-state index contributed by atoms with van der Waals surface area (Å²) in [5.41, 5.74) is 0. The molecule has 1 rings (SSSR count). The zero-order valence-corrected chi connectivity index (χ0v) is 14.0. The monoisotopic (exact) mass is 356 g/mol. The number of hydrogen-bond donors (Lipinski definition) is 0. The lowest BCUT2D eigenvalue weighted by molar-refractivity contribution is 0.378. The van der Waals surface area contributed by atoms with E-state index < -0.39 is 10.0 Å². The van der Waals surface area contributed by atoms with Gasteiger partial charge in [0.05, 0.1) is 0 Å². The Morgan fingerprint density at radius 3 is 2.61 bits per heavy atom. The van der Waals surface area contributed by atoms with Crippen molar-refractivity contribution in [3.05, 3.63) is 4.60 Å². The smallest absolute Gasteiger partial charge is 0.235 e. The van der Waals surface area contributed by atoms with Gasteiger partial charge in [0.2, 0.25) is 5.03 Å². The van der Waals surface area contributed by atoms with Gasteiger partial charge in [0.25, 0.3) is 10.0 Å². The highest BCUT2D eigenvalue weighted by atomic mass is 79.9. The van der Waals surface area contributed by atoms with Crippen molar-refractivity contribution in [1.29, 1.82) is 0 Å². The third-order valence-electron chi connectivity index (χ3n) is 2.72. The van der Waals surface area contributed by atoms with E-state index in [-0.39, 0.29) is 15.7 Å². The number of rotatable bonds is 6. The summed E-state index contributed by atoms with van der Waals surface area (Å²) in [6.07, 6.45) is 2.81. The second kappa shape index (κ2) is 6.36. The van der Waals surface area contributed by atoms with E-state index in [1.807, 2.05) is 13.2 Å². The Bertz CT molecular complexity index is 483. The highest BCUT2D eigenvalue weighted by molar-refractivity contribution is 9.10. The molecule has 1 aromatic rings. The topological polar surface area (TPSA) is 68.1 Å². The molecule has 0 bridgehead atoms. The number of nitrogens with zero attached hydrogens (tertiary/aromatic N) is 4. The SMILES string of the molecule is CSCCC(C)N(C)S(=O)(=O)c1c(Br)nnn1C. The van der Waals surface area contributed by atoms with Gasteiger partial charge in [-0.3, -0.25) is 0 Å². The standard InChI is InChI=1S/C9H17BrN4O2S2/c1-7(5-6-17-4)14(3)18(15,16)9-8(10)11-12-13(9)2/h7H,5-6H2,1-4H3. The molecule has 0 aliphatic heterocycles. The molecule has 0 aliphatic carbocycles. The van der Waals surface area contributed by atoms with Crippen LogP contribution in [0.2, 0.25) is 0 Å².